The number of hydrogen-bond donors (Lipinski definition) is 3. The van der Waals surface area contributed by atoms with Crippen LogP contribution in [0.25, 0.3) is 0 Å². The number of aliphatic imine (C=N–C) groups is 1. The minimum atomic E-state index is -0.190. The molecular formula is C16H23IN4O. The first-order valence-corrected chi connectivity index (χ1v) is 6.96. The predicted octanol–water partition coefficient (Wildman–Crippen LogP) is 2.19. The molecule has 0 fully saturated rings. The Morgan fingerprint density at radius 2 is 2.14 bits per heavy atom. The van der Waals surface area contributed by atoms with E-state index in [2.05, 4.69) is 26.9 Å². The van der Waals surface area contributed by atoms with E-state index < -0.39 is 0 Å². The number of terminal acetylenes is 1. The van der Waals surface area contributed by atoms with Crippen LogP contribution in [0, 0.1) is 12.3 Å². The molecule has 0 unspecified atom stereocenters. The Morgan fingerprint density at radius 3 is 2.73 bits per heavy atom. The van der Waals surface area contributed by atoms with Crippen LogP contribution in [0.15, 0.2) is 29.3 Å². The number of amides is 1. The van der Waals surface area contributed by atoms with E-state index in [4.69, 9.17) is 6.42 Å². The van der Waals surface area contributed by atoms with E-state index in [1.165, 1.54) is 0 Å². The molecule has 0 aliphatic carbocycles. The van der Waals surface area contributed by atoms with Gasteiger partial charge in [0.2, 0.25) is 5.91 Å². The maximum atomic E-state index is 11.9. The van der Waals surface area contributed by atoms with Gasteiger partial charge in [-0.3, -0.25) is 4.79 Å². The second-order valence-corrected chi connectivity index (χ2v) is 4.77. The van der Waals surface area contributed by atoms with Crippen molar-refractivity contribution >= 4 is 41.5 Å². The molecule has 0 radical (unpaired) electrons. The van der Waals surface area contributed by atoms with Gasteiger partial charge in [-0.05, 0) is 39.0 Å². The van der Waals surface area contributed by atoms with Gasteiger partial charge in [0.1, 0.15) is 6.54 Å². The fraction of sp³-hybridized carbons (Fsp3) is 0.375. The van der Waals surface area contributed by atoms with E-state index in [1.54, 1.807) is 18.2 Å². The summed E-state index contributed by atoms with van der Waals surface area (Å²) in [5.41, 5.74) is 1.40. The topological polar surface area (TPSA) is 65.5 Å². The summed E-state index contributed by atoms with van der Waals surface area (Å²) < 4.78 is 0. The van der Waals surface area contributed by atoms with Crippen molar-refractivity contribution in [2.24, 2.45) is 4.99 Å². The number of benzene rings is 1. The molecule has 1 aromatic carbocycles. The Bertz CT molecular complexity index is 549. The summed E-state index contributed by atoms with van der Waals surface area (Å²) in [6, 6.07) is 7.40. The third-order valence-corrected chi connectivity index (χ3v) is 2.46. The number of carbonyl (C=O) groups is 1. The maximum Gasteiger partial charge on any atom is 0.246 e. The van der Waals surface area contributed by atoms with Gasteiger partial charge in [-0.2, -0.15) is 0 Å². The molecule has 120 valence electrons. The molecule has 0 saturated heterocycles. The normalized spacial score (nSPS) is 10.4. The first kappa shape index (κ1) is 20.2. The first-order valence-electron chi connectivity index (χ1n) is 6.96. The summed E-state index contributed by atoms with van der Waals surface area (Å²) in [4.78, 5) is 16.1. The summed E-state index contributed by atoms with van der Waals surface area (Å²) in [5.74, 6) is 2.97. The second-order valence-electron chi connectivity index (χ2n) is 4.77. The largest absolute Gasteiger partial charge is 0.357 e. The fourth-order valence-corrected chi connectivity index (χ4v) is 1.63. The van der Waals surface area contributed by atoms with Gasteiger partial charge < -0.3 is 16.0 Å². The number of nitrogens with zero attached hydrogens (tertiary/aromatic N) is 1. The molecule has 5 nitrogen and oxygen atoms in total. The highest BCUT2D eigenvalue weighted by atomic mass is 127. The van der Waals surface area contributed by atoms with Gasteiger partial charge >= 0.3 is 0 Å². The first-order chi connectivity index (χ1) is 10.0. The van der Waals surface area contributed by atoms with Gasteiger partial charge in [0.05, 0.1) is 0 Å². The molecule has 1 aromatic rings. The zero-order valence-corrected chi connectivity index (χ0v) is 15.5. The number of hydrogen-bond acceptors (Lipinski definition) is 2. The van der Waals surface area contributed by atoms with Crippen LogP contribution in [0.2, 0.25) is 0 Å². The Kier molecular flexibility index (Phi) is 10.0. The molecule has 0 aliphatic heterocycles. The molecule has 0 heterocycles. The zero-order chi connectivity index (χ0) is 15.7. The molecular weight excluding hydrogens is 391 g/mol. The third-order valence-electron chi connectivity index (χ3n) is 2.46. The Hall–Kier alpha value is -1.75. The summed E-state index contributed by atoms with van der Waals surface area (Å²) in [6.45, 7) is 6.78. The van der Waals surface area contributed by atoms with E-state index >= 15 is 0 Å². The highest BCUT2D eigenvalue weighted by Crippen LogP contribution is 2.09. The number of anilines is 1. The van der Waals surface area contributed by atoms with Gasteiger partial charge in [0.25, 0.3) is 0 Å². The van der Waals surface area contributed by atoms with E-state index in [0.717, 1.165) is 12.1 Å². The van der Waals surface area contributed by atoms with Crippen molar-refractivity contribution in [1.82, 2.24) is 10.6 Å². The number of halogens is 1. The van der Waals surface area contributed by atoms with Gasteiger partial charge in [0, 0.05) is 23.8 Å². The number of carbonyl (C=O) groups excluding carboxylic acids is 1. The van der Waals surface area contributed by atoms with Crippen molar-refractivity contribution in [2.45, 2.75) is 26.8 Å². The molecule has 0 bridgehead atoms. The van der Waals surface area contributed by atoms with E-state index in [1.807, 2.05) is 26.8 Å². The van der Waals surface area contributed by atoms with Gasteiger partial charge in [-0.25, -0.2) is 4.99 Å². The lowest BCUT2D eigenvalue weighted by Gasteiger charge is -2.13. The lowest BCUT2D eigenvalue weighted by atomic mass is 10.2. The molecule has 1 amide bonds. The van der Waals surface area contributed by atoms with Crippen molar-refractivity contribution < 1.29 is 4.79 Å². The van der Waals surface area contributed by atoms with Crippen molar-refractivity contribution in [3.8, 4) is 12.3 Å². The molecule has 0 atom stereocenters. The lowest BCUT2D eigenvalue weighted by Crippen LogP contribution is -2.41. The minimum absolute atomic E-state index is 0. The molecule has 0 aliphatic rings. The SMILES string of the molecule is C#Cc1cccc(NC(=O)CN=C(NCC)NC(C)C)c1.I. The Labute approximate surface area is 149 Å². The van der Waals surface area contributed by atoms with Crippen LogP contribution in [0.5, 0.6) is 0 Å². The smallest absolute Gasteiger partial charge is 0.246 e. The van der Waals surface area contributed by atoms with Crippen LogP contribution in [-0.4, -0.2) is 31.0 Å². The number of guanidine groups is 1. The highest BCUT2D eigenvalue weighted by molar-refractivity contribution is 14.0. The molecule has 3 N–H and O–H groups in total. The summed E-state index contributed by atoms with van der Waals surface area (Å²) in [7, 11) is 0. The van der Waals surface area contributed by atoms with E-state index in [-0.39, 0.29) is 42.5 Å². The number of nitrogens with one attached hydrogen (secondary N) is 3. The average Bonchev–Trinajstić information content (AvgIpc) is 2.44. The second kappa shape index (κ2) is 10.9. The lowest BCUT2D eigenvalue weighted by molar-refractivity contribution is -0.114. The standard InChI is InChI=1S/C16H22N4O.HI/c1-5-13-8-7-9-14(10-13)20-15(21)11-18-16(17-6-2)19-12(3)4;/h1,7-10,12H,6,11H2,2-4H3,(H,20,21)(H2,17,18,19);1H. The van der Waals surface area contributed by atoms with Gasteiger partial charge in [-0.15, -0.1) is 30.4 Å². The van der Waals surface area contributed by atoms with Crippen LogP contribution in [0.1, 0.15) is 26.3 Å². The van der Waals surface area contributed by atoms with Crippen LogP contribution in [-0.2, 0) is 4.79 Å². The van der Waals surface area contributed by atoms with Crippen molar-refractivity contribution in [3.63, 3.8) is 0 Å². The summed E-state index contributed by atoms with van der Waals surface area (Å²) in [6.07, 6.45) is 5.33. The van der Waals surface area contributed by atoms with Crippen LogP contribution in [0.4, 0.5) is 5.69 Å². The highest BCUT2D eigenvalue weighted by Gasteiger charge is 2.04. The summed E-state index contributed by atoms with van der Waals surface area (Å²) in [5, 5.41) is 9.00. The van der Waals surface area contributed by atoms with Gasteiger partial charge in [-0.1, -0.05) is 12.0 Å². The molecule has 0 spiro atoms. The summed E-state index contributed by atoms with van der Waals surface area (Å²) >= 11 is 0. The Morgan fingerprint density at radius 1 is 1.41 bits per heavy atom. The fourth-order valence-electron chi connectivity index (χ4n) is 1.63. The molecule has 6 heteroatoms. The maximum absolute atomic E-state index is 11.9. The zero-order valence-electron chi connectivity index (χ0n) is 13.1. The predicted molar refractivity (Wildman–Crippen MR) is 103 cm³/mol. The van der Waals surface area contributed by atoms with Crippen LogP contribution < -0.4 is 16.0 Å². The number of rotatable bonds is 5. The molecule has 0 saturated carbocycles. The Balaban J connectivity index is 0.00000441. The van der Waals surface area contributed by atoms with E-state index in [0.29, 0.717) is 11.6 Å². The van der Waals surface area contributed by atoms with Crippen LogP contribution in [0.3, 0.4) is 0 Å². The molecule has 1 rings (SSSR count). The average molecular weight is 414 g/mol. The van der Waals surface area contributed by atoms with E-state index in [9.17, 15) is 4.79 Å². The quantitative estimate of drug-likeness (QED) is 0.300. The molecule has 22 heavy (non-hydrogen) atoms. The molecule has 0 aromatic heterocycles. The van der Waals surface area contributed by atoms with Crippen molar-refractivity contribution in [3.05, 3.63) is 29.8 Å². The monoisotopic (exact) mass is 414 g/mol. The van der Waals surface area contributed by atoms with Crippen molar-refractivity contribution in [1.29, 1.82) is 0 Å². The minimum Gasteiger partial charge on any atom is -0.357 e. The van der Waals surface area contributed by atoms with Crippen molar-refractivity contribution in [2.75, 3.05) is 18.4 Å². The third kappa shape index (κ3) is 7.88. The van der Waals surface area contributed by atoms with Crippen LogP contribution >= 0.6 is 24.0 Å². The van der Waals surface area contributed by atoms with Gasteiger partial charge in [0.15, 0.2) is 5.96 Å².